The van der Waals surface area contributed by atoms with Gasteiger partial charge in [-0.15, -0.1) is 0 Å². The van der Waals surface area contributed by atoms with Crippen molar-refractivity contribution in [2.45, 2.75) is 6.92 Å². The Bertz CT molecular complexity index is 1220. The molecule has 2 heterocycles. The number of aliphatic hydroxyl groups excluding tert-OH is 1. The molecule has 0 spiro atoms. The summed E-state index contributed by atoms with van der Waals surface area (Å²) in [7, 11) is 0. The van der Waals surface area contributed by atoms with E-state index in [-0.39, 0.29) is 6.61 Å². The van der Waals surface area contributed by atoms with Crippen LogP contribution in [-0.4, -0.2) is 65.3 Å². The van der Waals surface area contributed by atoms with Gasteiger partial charge in [0.2, 0.25) is 0 Å². The molecule has 0 saturated carbocycles. The fraction of sp³-hybridized carbons (Fsp3) is 0.280. The standard InChI is InChI=1S/C25H28N8O2/c1-18-27-23(16-24(28-18)33-10-8-32(9-11-33)12-13-34)29-21-6-3-7-22(15-21)31-25(35)30-20-5-2-4-19(14-20)17-26/h2-7,14-16,34H,8-13H2,1H3,(H,27,28,29)(H2,30,31,35). The van der Waals surface area contributed by atoms with E-state index in [1.807, 2.05) is 31.2 Å². The third-order valence-electron chi connectivity index (χ3n) is 5.58. The minimum atomic E-state index is -0.405. The zero-order valence-corrected chi connectivity index (χ0v) is 19.5. The van der Waals surface area contributed by atoms with Crippen LogP contribution >= 0.6 is 0 Å². The summed E-state index contributed by atoms with van der Waals surface area (Å²) < 4.78 is 0. The summed E-state index contributed by atoms with van der Waals surface area (Å²) in [6.45, 7) is 6.15. The van der Waals surface area contributed by atoms with Gasteiger partial charge in [-0.2, -0.15) is 5.26 Å². The van der Waals surface area contributed by atoms with Gasteiger partial charge in [-0.1, -0.05) is 12.1 Å². The molecule has 1 aliphatic heterocycles. The number of aliphatic hydroxyl groups is 1. The third-order valence-corrected chi connectivity index (χ3v) is 5.58. The Morgan fingerprint density at radius 2 is 1.69 bits per heavy atom. The van der Waals surface area contributed by atoms with Crippen LogP contribution in [0.25, 0.3) is 0 Å². The molecule has 2 amide bonds. The summed E-state index contributed by atoms with van der Waals surface area (Å²) >= 11 is 0. The molecule has 4 rings (SSSR count). The van der Waals surface area contributed by atoms with Crippen molar-refractivity contribution in [3.05, 3.63) is 66.0 Å². The van der Waals surface area contributed by atoms with Crippen LogP contribution in [0.4, 0.5) is 33.5 Å². The quantitative estimate of drug-likeness (QED) is 0.413. The van der Waals surface area contributed by atoms with Crippen molar-refractivity contribution in [3.8, 4) is 6.07 Å². The highest BCUT2D eigenvalue weighted by atomic mass is 16.3. The average Bonchev–Trinajstić information content (AvgIpc) is 2.84. The van der Waals surface area contributed by atoms with Gasteiger partial charge in [0.05, 0.1) is 18.2 Å². The summed E-state index contributed by atoms with van der Waals surface area (Å²) in [5.41, 5.74) is 2.39. The molecule has 1 saturated heterocycles. The molecule has 0 radical (unpaired) electrons. The van der Waals surface area contributed by atoms with E-state index in [1.54, 1.807) is 30.3 Å². The number of aryl methyl sites for hydroxylation is 1. The molecule has 0 aliphatic carbocycles. The number of carbonyl (C=O) groups excluding carboxylic acids is 1. The van der Waals surface area contributed by atoms with Gasteiger partial charge in [0.15, 0.2) is 0 Å². The van der Waals surface area contributed by atoms with Gasteiger partial charge >= 0.3 is 6.03 Å². The predicted octanol–water partition coefficient (Wildman–Crippen LogP) is 3.16. The highest BCUT2D eigenvalue weighted by Crippen LogP contribution is 2.23. The first kappa shape index (κ1) is 23.9. The van der Waals surface area contributed by atoms with Crippen LogP contribution < -0.4 is 20.9 Å². The Kier molecular flexibility index (Phi) is 7.72. The Morgan fingerprint density at radius 3 is 2.40 bits per heavy atom. The van der Waals surface area contributed by atoms with Crippen LogP contribution in [0.3, 0.4) is 0 Å². The zero-order chi connectivity index (χ0) is 24.6. The smallest absolute Gasteiger partial charge is 0.323 e. The van der Waals surface area contributed by atoms with Crippen molar-refractivity contribution in [1.82, 2.24) is 14.9 Å². The Labute approximate surface area is 204 Å². The van der Waals surface area contributed by atoms with Crippen LogP contribution in [-0.2, 0) is 0 Å². The van der Waals surface area contributed by atoms with Crippen molar-refractivity contribution in [3.63, 3.8) is 0 Å². The number of hydrogen-bond acceptors (Lipinski definition) is 8. The molecule has 0 unspecified atom stereocenters. The van der Waals surface area contributed by atoms with E-state index in [4.69, 9.17) is 10.4 Å². The predicted molar refractivity (Wildman–Crippen MR) is 136 cm³/mol. The number of β-amino-alcohol motifs (C(OH)–C–C–N with tert-alkyl or cyclic N) is 1. The number of anilines is 5. The number of aromatic nitrogens is 2. The normalized spacial score (nSPS) is 13.7. The summed E-state index contributed by atoms with van der Waals surface area (Å²) in [6, 6.07) is 17.6. The average molecular weight is 473 g/mol. The van der Waals surface area contributed by atoms with Crippen LogP contribution in [0, 0.1) is 18.3 Å². The molecule has 180 valence electrons. The number of nitriles is 1. The highest BCUT2D eigenvalue weighted by Gasteiger charge is 2.18. The van der Waals surface area contributed by atoms with E-state index in [0.717, 1.165) is 37.7 Å². The molecule has 0 atom stereocenters. The van der Waals surface area contributed by atoms with E-state index < -0.39 is 6.03 Å². The summed E-state index contributed by atoms with van der Waals surface area (Å²) in [5, 5.41) is 27.0. The van der Waals surface area contributed by atoms with Crippen molar-refractivity contribution in [2.24, 2.45) is 0 Å². The Hall–Kier alpha value is -4.20. The molecule has 10 heteroatoms. The lowest BCUT2D eigenvalue weighted by Gasteiger charge is -2.35. The number of nitrogens with zero attached hydrogens (tertiary/aromatic N) is 5. The van der Waals surface area contributed by atoms with E-state index >= 15 is 0 Å². The minimum Gasteiger partial charge on any atom is -0.395 e. The Balaban J connectivity index is 1.40. The van der Waals surface area contributed by atoms with Crippen LogP contribution in [0.2, 0.25) is 0 Å². The van der Waals surface area contributed by atoms with Crippen LogP contribution in [0.1, 0.15) is 11.4 Å². The number of amides is 2. The third kappa shape index (κ3) is 6.66. The second kappa shape index (κ2) is 11.3. The van der Waals surface area contributed by atoms with Gasteiger partial charge < -0.3 is 26.0 Å². The Morgan fingerprint density at radius 1 is 1.00 bits per heavy atom. The number of hydrogen-bond donors (Lipinski definition) is 4. The maximum absolute atomic E-state index is 12.4. The molecule has 35 heavy (non-hydrogen) atoms. The second-order valence-corrected chi connectivity index (χ2v) is 8.19. The molecular weight excluding hydrogens is 444 g/mol. The number of nitrogens with one attached hydrogen (secondary N) is 3. The van der Waals surface area contributed by atoms with Gasteiger partial charge in [0.1, 0.15) is 17.5 Å². The molecule has 4 N–H and O–H groups in total. The number of carbonyl (C=O) groups is 1. The highest BCUT2D eigenvalue weighted by molar-refractivity contribution is 6.00. The summed E-state index contributed by atoms with van der Waals surface area (Å²) in [5.74, 6) is 2.19. The fourth-order valence-corrected chi connectivity index (χ4v) is 3.90. The largest absolute Gasteiger partial charge is 0.395 e. The number of rotatable bonds is 7. The van der Waals surface area contributed by atoms with Gasteiger partial charge in [0.25, 0.3) is 0 Å². The first-order valence-electron chi connectivity index (χ1n) is 11.4. The van der Waals surface area contributed by atoms with E-state index in [1.165, 1.54) is 0 Å². The number of piperazine rings is 1. The summed E-state index contributed by atoms with van der Waals surface area (Å²) in [4.78, 5) is 26.0. The zero-order valence-electron chi connectivity index (χ0n) is 19.5. The molecule has 3 aromatic rings. The van der Waals surface area contributed by atoms with Gasteiger partial charge in [-0.25, -0.2) is 14.8 Å². The van der Waals surface area contributed by atoms with Gasteiger partial charge in [0, 0.05) is 55.9 Å². The molecule has 1 aliphatic rings. The van der Waals surface area contributed by atoms with E-state index in [9.17, 15) is 4.79 Å². The fourth-order valence-electron chi connectivity index (χ4n) is 3.90. The van der Waals surface area contributed by atoms with Crippen LogP contribution in [0.15, 0.2) is 54.6 Å². The number of urea groups is 1. The van der Waals surface area contributed by atoms with Crippen molar-refractivity contribution >= 4 is 34.7 Å². The van der Waals surface area contributed by atoms with Crippen molar-refractivity contribution in [2.75, 3.05) is 60.2 Å². The first-order chi connectivity index (χ1) is 17.0. The topological polar surface area (TPSA) is 129 Å². The maximum Gasteiger partial charge on any atom is 0.323 e. The molecule has 1 aromatic heterocycles. The molecular formula is C25H28N8O2. The van der Waals surface area contributed by atoms with Gasteiger partial charge in [-0.3, -0.25) is 4.90 Å². The lowest BCUT2D eigenvalue weighted by molar-refractivity contribution is 0.188. The maximum atomic E-state index is 12.4. The van der Waals surface area contributed by atoms with Gasteiger partial charge in [-0.05, 0) is 43.3 Å². The van der Waals surface area contributed by atoms with Crippen molar-refractivity contribution in [1.29, 1.82) is 5.26 Å². The number of benzene rings is 2. The molecule has 1 fully saturated rings. The van der Waals surface area contributed by atoms with Crippen LogP contribution in [0.5, 0.6) is 0 Å². The molecule has 0 bridgehead atoms. The summed E-state index contributed by atoms with van der Waals surface area (Å²) in [6.07, 6.45) is 0. The first-order valence-corrected chi connectivity index (χ1v) is 11.4. The molecule has 10 nitrogen and oxygen atoms in total. The lowest BCUT2D eigenvalue weighted by atomic mass is 10.2. The monoisotopic (exact) mass is 472 g/mol. The van der Waals surface area contributed by atoms with E-state index in [0.29, 0.717) is 35.1 Å². The van der Waals surface area contributed by atoms with Crippen molar-refractivity contribution < 1.29 is 9.90 Å². The minimum absolute atomic E-state index is 0.171. The van der Waals surface area contributed by atoms with E-state index in [2.05, 4.69) is 41.8 Å². The molecule has 2 aromatic carbocycles. The second-order valence-electron chi connectivity index (χ2n) is 8.19. The SMILES string of the molecule is Cc1nc(Nc2cccc(NC(=O)Nc3cccc(C#N)c3)c2)cc(N2CCN(CCO)CC2)n1. The lowest BCUT2D eigenvalue weighted by Crippen LogP contribution is -2.47.